The molecule has 2 heterocycles. The third kappa shape index (κ3) is 3.48. The van der Waals surface area contributed by atoms with Crippen LogP contribution >= 0.6 is 11.3 Å². The normalized spacial score (nSPS) is 18.4. The molecule has 1 unspecified atom stereocenters. The third-order valence-electron chi connectivity index (χ3n) is 4.08. The number of carbonyl (C=O) groups excluding carboxylic acids is 2. The summed E-state index contributed by atoms with van der Waals surface area (Å²) in [4.78, 5) is 29.5. The molecule has 6 heteroatoms. The van der Waals surface area contributed by atoms with Gasteiger partial charge in [0.25, 0.3) is 5.91 Å². The minimum atomic E-state index is -0.447. The first-order chi connectivity index (χ1) is 10.9. The number of aryl methyl sites for hydroxylation is 1. The van der Waals surface area contributed by atoms with Gasteiger partial charge in [-0.25, -0.2) is 0 Å². The standard InChI is InChI=1S/C17H24N2O3S/c1-5-12(20)13-14(16-11(2)7-10-23-16)19(17(22)15(13)21)9-6-8-18(3)4/h7,10,14,21H,5-6,8-9H2,1-4H3. The molecule has 1 aromatic heterocycles. The van der Waals surface area contributed by atoms with E-state index < -0.39 is 11.9 Å². The summed E-state index contributed by atoms with van der Waals surface area (Å²) in [6.45, 7) is 5.08. The molecular formula is C17H24N2O3S. The average molecular weight is 336 g/mol. The van der Waals surface area contributed by atoms with Crippen molar-refractivity contribution in [2.24, 2.45) is 0 Å². The lowest BCUT2D eigenvalue weighted by Gasteiger charge is -2.26. The van der Waals surface area contributed by atoms with Gasteiger partial charge in [-0.2, -0.15) is 0 Å². The predicted molar refractivity (Wildman–Crippen MR) is 91.6 cm³/mol. The maximum absolute atomic E-state index is 12.5. The van der Waals surface area contributed by atoms with E-state index in [1.165, 1.54) is 11.3 Å². The molecule has 126 valence electrons. The van der Waals surface area contributed by atoms with Crippen LogP contribution in [0.15, 0.2) is 22.8 Å². The van der Waals surface area contributed by atoms with Crippen molar-refractivity contribution in [3.63, 3.8) is 0 Å². The van der Waals surface area contributed by atoms with Gasteiger partial charge in [0.2, 0.25) is 0 Å². The van der Waals surface area contributed by atoms with Crippen LogP contribution in [0.4, 0.5) is 0 Å². The van der Waals surface area contributed by atoms with E-state index in [2.05, 4.69) is 4.90 Å². The molecule has 0 fully saturated rings. The quantitative estimate of drug-likeness (QED) is 0.832. The van der Waals surface area contributed by atoms with Crippen molar-refractivity contribution in [1.82, 2.24) is 9.80 Å². The number of aliphatic hydroxyl groups excluding tert-OH is 1. The van der Waals surface area contributed by atoms with E-state index in [4.69, 9.17) is 0 Å². The van der Waals surface area contributed by atoms with Crippen molar-refractivity contribution < 1.29 is 14.7 Å². The van der Waals surface area contributed by atoms with E-state index in [0.29, 0.717) is 6.54 Å². The van der Waals surface area contributed by atoms with E-state index >= 15 is 0 Å². The largest absolute Gasteiger partial charge is 0.503 e. The highest BCUT2D eigenvalue weighted by molar-refractivity contribution is 7.10. The fraction of sp³-hybridized carbons (Fsp3) is 0.529. The molecule has 0 saturated carbocycles. The maximum atomic E-state index is 12.5. The first-order valence-corrected chi connectivity index (χ1v) is 8.72. The van der Waals surface area contributed by atoms with Crippen molar-refractivity contribution >= 4 is 23.0 Å². The Labute approximate surface area is 141 Å². The summed E-state index contributed by atoms with van der Waals surface area (Å²) >= 11 is 1.52. The maximum Gasteiger partial charge on any atom is 0.290 e. The molecule has 0 bridgehead atoms. The molecule has 23 heavy (non-hydrogen) atoms. The minimum Gasteiger partial charge on any atom is -0.503 e. The monoisotopic (exact) mass is 336 g/mol. The Morgan fingerprint density at radius 2 is 2.13 bits per heavy atom. The van der Waals surface area contributed by atoms with Gasteiger partial charge < -0.3 is 14.9 Å². The van der Waals surface area contributed by atoms with E-state index in [9.17, 15) is 14.7 Å². The van der Waals surface area contributed by atoms with Crippen LogP contribution in [0.5, 0.6) is 0 Å². The summed E-state index contributed by atoms with van der Waals surface area (Å²) in [7, 11) is 3.96. The van der Waals surface area contributed by atoms with Crippen molar-refractivity contribution in [3.8, 4) is 0 Å². The van der Waals surface area contributed by atoms with Crippen LogP contribution < -0.4 is 0 Å². The zero-order valence-corrected chi connectivity index (χ0v) is 14.9. The topological polar surface area (TPSA) is 60.9 Å². The minimum absolute atomic E-state index is 0.163. The number of amides is 1. The Hall–Kier alpha value is -1.66. The molecule has 1 aliphatic rings. The summed E-state index contributed by atoms with van der Waals surface area (Å²) < 4.78 is 0. The van der Waals surface area contributed by atoms with Gasteiger partial charge in [0.05, 0.1) is 11.6 Å². The second-order valence-corrected chi connectivity index (χ2v) is 7.01. The Morgan fingerprint density at radius 3 is 2.65 bits per heavy atom. The third-order valence-corrected chi connectivity index (χ3v) is 5.15. The molecule has 1 aliphatic heterocycles. The first kappa shape index (κ1) is 17.7. The van der Waals surface area contributed by atoms with Gasteiger partial charge >= 0.3 is 0 Å². The summed E-state index contributed by atoms with van der Waals surface area (Å²) in [6.07, 6.45) is 1.07. The van der Waals surface area contributed by atoms with Crippen LogP contribution in [-0.4, -0.2) is 53.8 Å². The molecular weight excluding hydrogens is 312 g/mol. The van der Waals surface area contributed by atoms with Crippen LogP contribution in [0.1, 0.15) is 36.2 Å². The van der Waals surface area contributed by atoms with Crippen molar-refractivity contribution in [2.45, 2.75) is 32.7 Å². The Kier molecular flexibility index (Phi) is 5.59. The van der Waals surface area contributed by atoms with Crippen LogP contribution in [0.25, 0.3) is 0 Å². The van der Waals surface area contributed by atoms with E-state index in [1.54, 1.807) is 11.8 Å². The molecule has 1 atom stereocenters. The second-order valence-electron chi connectivity index (χ2n) is 6.06. The smallest absolute Gasteiger partial charge is 0.290 e. The molecule has 0 saturated heterocycles. The van der Waals surface area contributed by atoms with Gasteiger partial charge in [0, 0.05) is 17.8 Å². The fourth-order valence-corrected chi connectivity index (χ4v) is 3.90. The number of aliphatic hydroxyl groups is 1. The van der Waals surface area contributed by atoms with Crippen molar-refractivity contribution in [2.75, 3.05) is 27.2 Å². The zero-order chi connectivity index (χ0) is 17.1. The van der Waals surface area contributed by atoms with Gasteiger partial charge in [-0.3, -0.25) is 9.59 Å². The molecule has 5 nitrogen and oxygen atoms in total. The molecule has 0 aliphatic carbocycles. The molecule has 0 spiro atoms. The number of Topliss-reactive ketones (excluding diaryl/α,β-unsaturated/α-hetero) is 1. The SMILES string of the molecule is CCC(=O)C1=C(O)C(=O)N(CCCN(C)C)C1c1sccc1C. The molecule has 2 rings (SSSR count). The summed E-state index contributed by atoms with van der Waals surface area (Å²) in [5.41, 5.74) is 1.30. The van der Waals surface area contributed by atoms with Gasteiger partial charge in [0.1, 0.15) is 0 Å². The highest BCUT2D eigenvalue weighted by atomic mass is 32.1. The van der Waals surface area contributed by atoms with E-state index in [1.807, 2.05) is 32.5 Å². The van der Waals surface area contributed by atoms with Gasteiger partial charge in [-0.15, -0.1) is 11.3 Å². The Morgan fingerprint density at radius 1 is 1.43 bits per heavy atom. The molecule has 1 N–H and O–H groups in total. The summed E-state index contributed by atoms with van der Waals surface area (Å²) in [5, 5.41) is 12.2. The summed E-state index contributed by atoms with van der Waals surface area (Å²) in [5.74, 6) is -0.971. The van der Waals surface area contributed by atoms with Crippen LogP contribution in [0.2, 0.25) is 0 Å². The number of ketones is 1. The van der Waals surface area contributed by atoms with E-state index in [0.717, 1.165) is 23.4 Å². The average Bonchev–Trinajstić information content (AvgIpc) is 3.02. The lowest BCUT2D eigenvalue weighted by atomic mass is 9.98. The number of rotatable bonds is 7. The van der Waals surface area contributed by atoms with Gasteiger partial charge in [-0.05, 0) is 51.0 Å². The first-order valence-electron chi connectivity index (χ1n) is 7.84. The van der Waals surface area contributed by atoms with Crippen LogP contribution in [-0.2, 0) is 9.59 Å². The number of thiophene rings is 1. The fourth-order valence-electron chi connectivity index (χ4n) is 2.85. The van der Waals surface area contributed by atoms with Gasteiger partial charge in [0.15, 0.2) is 11.5 Å². The highest BCUT2D eigenvalue weighted by Gasteiger charge is 2.43. The molecule has 0 aromatic carbocycles. The van der Waals surface area contributed by atoms with Crippen LogP contribution in [0, 0.1) is 6.92 Å². The van der Waals surface area contributed by atoms with Crippen molar-refractivity contribution in [1.29, 1.82) is 0 Å². The number of carbonyl (C=O) groups is 2. The summed E-state index contributed by atoms with van der Waals surface area (Å²) in [6, 6.07) is 1.53. The lowest BCUT2D eigenvalue weighted by molar-refractivity contribution is -0.129. The zero-order valence-electron chi connectivity index (χ0n) is 14.1. The lowest BCUT2D eigenvalue weighted by Crippen LogP contribution is -2.33. The number of nitrogens with zero attached hydrogens (tertiary/aromatic N) is 2. The predicted octanol–water partition coefficient (Wildman–Crippen LogP) is 2.68. The van der Waals surface area contributed by atoms with Gasteiger partial charge in [-0.1, -0.05) is 6.92 Å². The Bertz CT molecular complexity index is 634. The molecule has 1 aromatic rings. The second kappa shape index (κ2) is 7.27. The Balaban J connectivity index is 2.36. The molecule has 0 radical (unpaired) electrons. The number of hydrogen-bond acceptors (Lipinski definition) is 5. The molecule has 1 amide bonds. The highest BCUT2D eigenvalue weighted by Crippen LogP contribution is 2.41. The van der Waals surface area contributed by atoms with Crippen molar-refractivity contribution in [3.05, 3.63) is 33.2 Å². The van der Waals surface area contributed by atoms with Crippen LogP contribution in [0.3, 0.4) is 0 Å². The number of hydrogen-bond donors (Lipinski definition) is 1. The van der Waals surface area contributed by atoms with E-state index in [-0.39, 0.29) is 23.5 Å².